The van der Waals surface area contributed by atoms with E-state index in [2.05, 4.69) is 21.4 Å². The number of thiazole rings is 2. The third-order valence-electron chi connectivity index (χ3n) is 4.57. The summed E-state index contributed by atoms with van der Waals surface area (Å²) < 4.78 is 0. The lowest BCUT2D eigenvalue weighted by Gasteiger charge is -2.23. The van der Waals surface area contributed by atoms with Crippen LogP contribution < -0.4 is 5.32 Å². The monoisotopic (exact) mass is 444 g/mol. The quantitative estimate of drug-likeness (QED) is 0.647. The van der Waals surface area contributed by atoms with E-state index in [1.165, 1.54) is 22.7 Å². The zero-order valence-corrected chi connectivity index (χ0v) is 18.5. The summed E-state index contributed by atoms with van der Waals surface area (Å²) in [5, 5.41) is 5.36. The van der Waals surface area contributed by atoms with E-state index in [9.17, 15) is 9.59 Å². The Balaban J connectivity index is 1.52. The first kappa shape index (κ1) is 20.1. The number of nitrogens with zero attached hydrogens (tertiary/aromatic N) is 3. The Kier molecular flexibility index (Phi) is 5.98. The number of benzene rings is 1. The maximum absolute atomic E-state index is 13.4. The number of carbonyl (C=O) groups is 2. The van der Waals surface area contributed by atoms with Gasteiger partial charge in [-0.3, -0.25) is 9.59 Å². The second-order valence-corrected chi connectivity index (χ2v) is 9.90. The van der Waals surface area contributed by atoms with Gasteiger partial charge in [0.1, 0.15) is 11.4 Å². The van der Waals surface area contributed by atoms with E-state index < -0.39 is 0 Å². The van der Waals surface area contributed by atoms with E-state index in [-0.39, 0.29) is 17.2 Å². The molecule has 0 aliphatic carbocycles. The summed E-state index contributed by atoms with van der Waals surface area (Å²) in [5.74, 6) is 0.547. The van der Waals surface area contributed by atoms with Crippen LogP contribution in [0.2, 0.25) is 0 Å². The van der Waals surface area contributed by atoms with Gasteiger partial charge in [0.2, 0.25) is 0 Å². The Bertz CT molecular complexity index is 1030. The van der Waals surface area contributed by atoms with Crippen LogP contribution in [-0.4, -0.2) is 50.9 Å². The predicted molar refractivity (Wildman–Crippen MR) is 119 cm³/mol. The first-order valence-corrected chi connectivity index (χ1v) is 12.0. The van der Waals surface area contributed by atoms with E-state index in [1.54, 1.807) is 22.7 Å². The normalized spacial score (nSPS) is 16.2. The van der Waals surface area contributed by atoms with Gasteiger partial charge >= 0.3 is 0 Å². The highest BCUT2D eigenvalue weighted by atomic mass is 32.2. The van der Waals surface area contributed by atoms with Crippen LogP contribution in [0.5, 0.6) is 0 Å². The van der Waals surface area contributed by atoms with Gasteiger partial charge in [-0.25, -0.2) is 9.97 Å². The fourth-order valence-corrected chi connectivity index (χ4v) is 5.80. The molecule has 0 saturated carbocycles. The highest BCUT2D eigenvalue weighted by Gasteiger charge is 2.33. The molecule has 4 rings (SSSR count). The van der Waals surface area contributed by atoms with E-state index >= 15 is 0 Å². The first-order chi connectivity index (χ1) is 14.0. The molecule has 0 bridgehead atoms. The molecule has 6 nitrogen and oxygen atoms in total. The predicted octanol–water partition coefficient (Wildman–Crippen LogP) is 3.83. The number of hydrogen-bond acceptors (Lipinski definition) is 7. The molecule has 1 aliphatic rings. The molecule has 2 amide bonds. The number of aryl methyl sites for hydroxylation is 2. The Morgan fingerprint density at radius 3 is 2.93 bits per heavy atom. The molecule has 1 saturated heterocycles. The van der Waals surface area contributed by atoms with Gasteiger partial charge in [0.25, 0.3) is 11.8 Å². The number of nitrogens with one attached hydrogen (secondary N) is 1. The summed E-state index contributed by atoms with van der Waals surface area (Å²) in [4.78, 5) is 36.9. The van der Waals surface area contributed by atoms with Crippen molar-refractivity contribution in [3.8, 4) is 10.4 Å². The molecule has 1 N–H and O–H groups in total. The third kappa shape index (κ3) is 4.36. The van der Waals surface area contributed by atoms with Crippen LogP contribution in [0, 0.1) is 13.8 Å². The highest BCUT2D eigenvalue weighted by Crippen LogP contribution is 2.33. The lowest BCUT2D eigenvalue weighted by Crippen LogP contribution is -2.42. The number of amides is 2. The fourth-order valence-electron chi connectivity index (χ4n) is 3.21. The first-order valence-electron chi connectivity index (χ1n) is 9.16. The average Bonchev–Trinajstić information content (AvgIpc) is 3.46. The van der Waals surface area contributed by atoms with Crippen LogP contribution in [0.3, 0.4) is 0 Å². The molecule has 1 aliphatic heterocycles. The number of thioether (sulfide) groups is 1. The Morgan fingerprint density at radius 2 is 2.17 bits per heavy atom. The Morgan fingerprint density at radius 1 is 1.31 bits per heavy atom. The number of rotatable bonds is 5. The van der Waals surface area contributed by atoms with Crippen molar-refractivity contribution < 1.29 is 9.59 Å². The van der Waals surface area contributed by atoms with Crippen molar-refractivity contribution in [2.45, 2.75) is 19.2 Å². The molecule has 1 unspecified atom stereocenters. The average molecular weight is 445 g/mol. The van der Waals surface area contributed by atoms with E-state index in [0.717, 1.165) is 26.8 Å². The summed E-state index contributed by atoms with van der Waals surface area (Å²) in [6, 6.07) is 8.13. The molecule has 3 aromatic rings. The van der Waals surface area contributed by atoms with Gasteiger partial charge in [0.15, 0.2) is 0 Å². The van der Waals surface area contributed by atoms with E-state index in [4.69, 9.17) is 0 Å². The molecule has 0 radical (unpaired) electrons. The number of hydrogen-bond donors (Lipinski definition) is 1. The molecule has 29 heavy (non-hydrogen) atoms. The van der Waals surface area contributed by atoms with Crippen LogP contribution in [0.1, 0.15) is 31.5 Å². The molecule has 150 valence electrons. The van der Waals surface area contributed by atoms with E-state index in [0.29, 0.717) is 24.5 Å². The number of carbonyl (C=O) groups excluding carboxylic acids is 2. The molecule has 3 heterocycles. The van der Waals surface area contributed by atoms with Gasteiger partial charge in [-0.1, -0.05) is 29.8 Å². The third-order valence-corrected chi connectivity index (χ3v) is 7.40. The molecule has 1 atom stereocenters. The minimum atomic E-state index is -0.212. The molecule has 2 aromatic heterocycles. The van der Waals surface area contributed by atoms with Gasteiger partial charge in [-0.15, -0.1) is 34.4 Å². The van der Waals surface area contributed by atoms with Gasteiger partial charge in [0, 0.05) is 24.2 Å². The van der Waals surface area contributed by atoms with Crippen molar-refractivity contribution in [2.24, 2.45) is 0 Å². The lowest BCUT2D eigenvalue weighted by molar-refractivity contribution is 0.0746. The smallest absolute Gasteiger partial charge is 0.274 e. The second kappa shape index (κ2) is 8.64. The largest absolute Gasteiger partial charge is 0.348 e. The molecule has 0 spiro atoms. The van der Waals surface area contributed by atoms with Crippen molar-refractivity contribution in [1.29, 1.82) is 0 Å². The van der Waals surface area contributed by atoms with Crippen LogP contribution in [-0.2, 0) is 0 Å². The SMILES string of the molecule is Cc1cccc(-c2sc(C)nc2C(=O)N2CCSC2CNC(=O)c2cscn2)c1. The minimum absolute atomic E-state index is 0.0798. The molecular formula is C20H20N4O2S3. The second-order valence-electron chi connectivity index (χ2n) is 6.69. The van der Waals surface area contributed by atoms with Gasteiger partial charge < -0.3 is 10.2 Å². The zero-order chi connectivity index (χ0) is 20.4. The van der Waals surface area contributed by atoms with Crippen molar-refractivity contribution in [3.63, 3.8) is 0 Å². The molecule has 1 fully saturated rings. The summed E-state index contributed by atoms with van der Waals surface area (Å²) in [6.45, 7) is 4.99. The Hall–Kier alpha value is -2.23. The van der Waals surface area contributed by atoms with Crippen molar-refractivity contribution in [3.05, 3.63) is 57.1 Å². The zero-order valence-electron chi connectivity index (χ0n) is 16.0. The minimum Gasteiger partial charge on any atom is -0.348 e. The summed E-state index contributed by atoms with van der Waals surface area (Å²) in [7, 11) is 0. The molecular weight excluding hydrogens is 424 g/mol. The van der Waals surface area contributed by atoms with Crippen LogP contribution >= 0.6 is 34.4 Å². The van der Waals surface area contributed by atoms with Gasteiger partial charge in [-0.05, 0) is 19.4 Å². The maximum atomic E-state index is 13.4. The summed E-state index contributed by atoms with van der Waals surface area (Å²) in [6.07, 6.45) is 0. The van der Waals surface area contributed by atoms with Crippen molar-refractivity contribution in [1.82, 2.24) is 20.2 Å². The van der Waals surface area contributed by atoms with Crippen LogP contribution in [0.4, 0.5) is 0 Å². The maximum Gasteiger partial charge on any atom is 0.274 e. The molecule has 9 heteroatoms. The lowest BCUT2D eigenvalue weighted by atomic mass is 10.1. The topological polar surface area (TPSA) is 75.2 Å². The Labute approximate surface area is 181 Å². The van der Waals surface area contributed by atoms with Crippen molar-refractivity contribution >= 4 is 46.2 Å². The fraction of sp³-hybridized carbons (Fsp3) is 0.300. The molecule has 1 aromatic carbocycles. The summed E-state index contributed by atoms with van der Waals surface area (Å²) in [5.41, 5.74) is 4.70. The van der Waals surface area contributed by atoms with Gasteiger partial charge in [0.05, 0.1) is 20.8 Å². The van der Waals surface area contributed by atoms with Crippen molar-refractivity contribution in [2.75, 3.05) is 18.8 Å². The van der Waals surface area contributed by atoms with Crippen LogP contribution in [0.15, 0.2) is 35.2 Å². The summed E-state index contributed by atoms with van der Waals surface area (Å²) >= 11 is 4.59. The van der Waals surface area contributed by atoms with E-state index in [1.807, 2.05) is 36.9 Å². The standard InChI is InChI=1S/C20H20N4O2S3/c1-12-4-3-5-14(8-12)18-17(23-13(2)29-18)20(26)24-6-7-28-16(24)9-21-19(25)15-10-27-11-22-15/h3-5,8,10-11,16H,6-7,9H2,1-2H3,(H,21,25). The highest BCUT2D eigenvalue weighted by molar-refractivity contribution is 8.00. The number of aromatic nitrogens is 2. The van der Waals surface area contributed by atoms with Gasteiger partial charge in [-0.2, -0.15) is 0 Å². The van der Waals surface area contributed by atoms with Crippen LogP contribution in [0.25, 0.3) is 10.4 Å².